The van der Waals surface area contributed by atoms with Gasteiger partial charge in [-0.05, 0) is 22.1 Å². The van der Waals surface area contributed by atoms with Crippen LogP contribution < -0.4 is 5.73 Å². The zero-order valence-electron chi connectivity index (χ0n) is 9.65. The van der Waals surface area contributed by atoms with E-state index in [0.717, 1.165) is 5.56 Å². The van der Waals surface area contributed by atoms with E-state index in [0.29, 0.717) is 29.6 Å². The average Bonchev–Trinajstić information content (AvgIpc) is 2.84. The Morgan fingerprint density at radius 2 is 2.22 bits per heavy atom. The maximum Gasteiger partial charge on any atom is 0.209 e. The number of hydrogen-bond donors (Lipinski definition) is 1. The van der Waals surface area contributed by atoms with Gasteiger partial charge in [0.15, 0.2) is 0 Å². The van der Waals surface area contributed by atoms with Gasteiger partial charge in [-0.2, -0.15) is 5.26 Å². The number of hydrogen-bond acceptors (Lipinski definition) is 6. The van der Waals surface area contributed by atoms with Crippen molar-refractivity contribution < 1.29 is 0 Å². The SMILES string of the molecule is N#Cc1ccccc1CSc1nnnn1CCN. The third-order valence-corrected chi connectivity index (χ3v) is 3.34. The Kier molecular flexibility index (Phi) is 4.28. The van der Waals surface area contributed by atoms with E-state index in [4.69, 9.17) is 11.0 Å². The lowest BCUT2D eigenvalue weighted by atomic mass is 10.1. The van der Waals surface area contributed by atoms with E-state index < -0.39 is 0 Å². The Bertz CT molecular complexity index is 559. The minimum absolute atomic E-state index is 0.493. The molecule has 0 amide bonds. The second-order valence-electron chi connectivity index (χ2n) is 3.53. The topological polar surface area (TPSA) is 93.4 Å². The second kappa shape index (κ2) is 6.14. The molecule has 1 heterocycles. The van der Waals surface area contributed by atoms with E-state index >= 15 is 0 Å². The summed E-state index contributed by atoms with van der Waals surface area (Å²) in [5, 5.41) is 21.1. The molecule has 2 N–H and O–H groups in total. The van der Waals surface area contributed by atoms with Crippen LogP contribution in [-0.4, -0.2) is 26.8 Å². The van der Waals surface area contributed by atoms with Gasteiger partial charge < -0.3 is 5.73 Å². The van der Waals surface area contributed by atoms with E-state index in [1.54, 1.807) is 10.7 Å². The molecule has 0 aliphatic rings. The third kappa shape index (κ3) is 2.85. The molecule has 2 rings (SSSR count). The molecular weight excluding hydrogens is 248 g/mol. The van der Waals surface area contributed by atoms with Crippen LogP contribution in [0.2, 0.25) is 0 Å². The van der Waals surface area contributed by atoms with E-state index in [2.05, 4.69) is 21.6 Å². The highest BCUT2D eigenvalue weighted by atomic mass is 32.2. The van der Waals surface area contributed by atoms with Crippen molar-refractivity contribution in [3.05, 3.63) is 35.4 Å². The number of tetrazole rings is 1. The lowest BCUT2D eigenvalue weighted by Gasteiger charge is -2.04. The Morgan fingerprint density at radius 3 is 3.00 bits per heavy atom. The fourth-order valence-corrected chi connectivity index (χ4v) is 2.37. The van der Waals surface area contributed by atoms with Crippen LogP contribution in [0.3, 0.4) is 0 Å². The maximum absolute atomic E-state index is 8.99. The lowest BCUT2D eigenvalue weighted by Crippen LogP contribution is -2.12. The first-order valence-corrected chi connectivity index (χ1v) is 6.40. The van der Waals surface area contributed by atoms with Crippen LogP contribution in [0.4, 0.5) is 0 Å². The predicted octanol–water partition coefficient (Wildman–Crippen LogP) is 0.796. The Labute approximate surface area is 109 Å². The van der Waals surface area contributed by atoms with E-state index in [9.17, 15) is 0 Å². The van der Waals surface area contributed by atoms with E-state index in [-0.39, 0.29) is 0 Å². The number of aromatic nitrogens is 4. The van der Waals surface area contributed by atoms with E-state index in [1.165, 1.54) is 11.8 Å². The standard InChI is InChI=1S/C11H12N6S/c12-5-6-17-11(14-15-16-17)18-8-10-4-2-1-3-9(10)7-13/h1-4H,5-6,8,12H2. The molecule has 0 fully saturated rings. The molecule has 0 spiro atoms. The normalized spacial score (nSPS) is 10.2. The fourth-order valence-electron chi connectivity index (χ4n) is 1.46. The predicted molar refractivity (Wildman–Crippen MR) is 67.6 cm³/mol. The lowest BCUT2D eigenvalue weighted by molar-refractivity contribution is 0.557. The van der Waals surface area contributed by atoms with Gasteiger partial charge in [0.25, 0.3) is 0 Å². The zero-order valence-corrected chi connectivity index (χ0v) is 10.5. The molecule has 7 heteroatoms. The number of rotatable bonds is 5. The van der Waals surface area contributed by atoms with Gasteiger partial charge in [0.2, 0.25) is 5.16 Å². The first kappa shape index (κ1) is 12.5. The summed E-state index contributed by atoms with van der Waals surface area (Å²) in [6.07, 6.45) is 0. The average molecular weight is 260 g/mol. The molecule has 1 aromatic heterocycles. The highest BCUT2D eigenvalue weighted by Crippen LogP contribution is 2.21. The van der Waals surface area contributed by atoms with Crippen LogP contribution in [-0.2, 0) is 12.3 Å². The van der Waals surface area contributed by atoms with Gasteiger partial charge >= 0.3 is 0 Å². The summed E-state index contributed by atoms with van der Waals surface area (Å²) in [5.41, 5.74) is 7.14. The minimum Gasteiger partial charge on any atom is -0.329 e. The van der Waals surface area contributed by atoms with Gasteiger partial charge in [0, 0.05) is 12.3 Å². The summed E-state index contributed by atoms with van der Waals surface area (Å²) in [4.78, 5) is 0. The molecule has 0 bridgehead atoms. The highest BCUT2D eigenvalue weighted by molar-refractivity contribution is 7.98. The summed E-state index contributed by atoms with van der Waals surface area (Å²) in [6, 6.07) is 9.68. The summed E-state index contributed by atoms with van der Waals surface area (Å²) in [5.74, 6) is 0.661. The summed E-state index contributed by atoms with van der Waals surface area (Å²) in [7, 11) is 0. The molecule has 92 valence electrons. The molecular formula is C11H12N6S. The van der Waals surface area contributed by atoms with Crippen LogP contribution in [0.5, 0.6) is 0 Å². The number of nitrogens with two attached hydrogens (primary N) is 1. The van der Waals surface area contributed by atoms with Crippen molar-refractivity contribution in [2.75, 3.05) is 6.54 Å². The van der Waals surface area contributed by atoms with Gasteiger partial charge in [-0.15, -0.1) is 5.10 Å². The van der Waals surface area contributed by atoms with Gasteiger partial charge in [-0.3, -0.25) is 0 Å². The van der Waals surface area contributed by atoms with Crippen molar-refractivity contribution in [2.24, 2.45) is 5.73 Å². The first-order chi connectivity index (χ1) is 8.85. The second-order valence-corrected chi connectivity index (χ2v) is 4.47. The summed E-state index contributed by atoms with van der Waals surface area (Å²) >= 11 is 1.50. The molecule has 2 aromatic rings. The highest BCUT2D eigenvalue weighted by Gasteiger charge is 2.08. The first-order valence-electron chi connectivity index (χ1n) is 5.42. The van der Waals surface area contributed by atoms with Gasteiger partial charge in [0.1, 0.15) is 0 Å². The molecule has 0 atom stereocenters. The van der Waals surface area contributed by atoms with Crippen molar-refractivity contribution in [3.63, 3.8) is 0 Å². The van der Waals surface area contributed by atoms with E-state index in [1.807, 2.05) is 18.2 Å². The fraction of sp³-hybridized carbons (Fsp3) is 0.273. The monoisotopic (exact) mass is 260 g/mol. The Morgan fingerprint density at radius 1 is 1.39 bits per heavy atom. The summed E-state index contributed by atoms with van der Waals surface area (Å²) < 4.78 is 1.67. The number of nitriles is 1. The quantitative estimate of drug-likeness (QED) is 0.799. The van der Waals surface area contributed by atoms with Crippen molar-refractivity contribution in [1.82, 2.24) is 20.2 Å². The maximum atomic E-state index is 8.99. The Hall–Kier alpha value is -1.91. The van der Waals surface area contributed by atoms with Crippen LogP contribution in [0.1, 0.15) is 11.1 Å². The molecule has 0 unspecified atom stereocenters. The molecule has 0 radical (unpaired) electrons. The third-order valence-electron chi connectivity index (χ3n) is 2.33. The molecule has 1 aromatic carbocycles. The number of benzene rings is 1. The molecule has 6 nitrogen and oxygen atoms in total. The molecule has 0 aliphatic heterocycles. The van der Waals surface area contributed by atoms with Gasteiger partial charge in [0.05, 0.1) is 18.2 Å². The van der Waals surface area contributed by atoms with Crippen molar-refractivity contribution in [2.45, 2.75) is 17.5 Å². The van der Waals surface area contributed by atoms with Crippen molar-refractivity contribution in [1.29, 1.82) is 5.26 Å². The van der Waals surface area contributed by atoms with Crippen LogP contribution >= 0.6 is 11.8 Å². The number of nitrogens with zero attached hydrogens (tertiary/aromatic N) is 5. The van der Waals surface area contributed by atoms with Gasteiger partial charge in [-0.25, -0.2) is 4.68 Å². The van der Waals surface area contributed by atoms with Gasteiger partial charge in [-0.1, -0.05) is 30.0 Å². The van der Waals surface area contributed by atoms with Crippen LogP contribution in [0, 0.1) is 11.3 Å². The summed E-state index contributed by atoms with van der Waals surface area (Å²) in [6.45, 7) is 1.09. The molecule has 0 aliphatic carbocycles. The largest absolute Gasteiger partial charge is 0.329 e. The van der Waals surface area contributed by atoms with Crippen LogP contribution in [0.15, 0.2) is 29.4 Å². The zero-order chi connectivity index (χ0) is 12.8. The molecule has 0 saturated heterocycles. The minimum atomic E-state index is 0.493. The Balaban J connectivity index is 2.07. The number of thioether (sulfide) groups is 1. The smallest absolute Gasteiger partial charge is 0.209 e. The van der Waals surface area contributed by atoms with Crippen molar-refractivity contribution >= 4 is 11.8 Å². The van der Waals surface area contributed by atoms with Crippen LogP contribution in [0.25, 0.3) is 0 Å². The van der Waals surface area contributed by atoms with Crippen molar-refractivity contribution in [3.8, 4) is 6.07 Å². The molecule has 0 saturated carbocycles. The molecule has 18 heavy (non-hydrogen) atoms.